The lowest BCUT2D eigenvalue weighted by molar-refractivity contribution is 0.125. The topological polar surface area (TPSA) is 38.5 Å². The highest BCUT2D eigenvalue weighted by atomic mass is 32.1. The SMILES string of the molecule is CN1CCCCC1COc1ccc(C(N)=S)cc1. The Kier molecular flexibility index (Phi) is 4.55. The zero-order valence-corrected chi connectivity index (χ0v) is 11.6. The van der Waals surface area contributed by atoms with Crippen LogP contribution in [0.2, 0.25) is 0 Å². The number of hydrogen-bond donors (Lipinski definition) is 1. The van der Waals surface area contributed by atoms with Gasteiger partial charge in [-0.25, -0.2) is 0 Å². The molecule has 1 aliphatic rings. The van der Waals surface area contributed by atoms with Crippen LogP contribution in [0.15, 0.2) is 24.3 Å². The van der Waals surface area contributed by atoms with Gasteiger partial charge >= 0.3 is 0 Å². The summed E-state index contributed by atoms with van der Waals surface area (Å²) in [5, 5.41) is 0. The summed E-state index contributed by atoms with van der Waals surface area (Å²) in [6.07, 6.45) is 3.83. The van der Waals surface area contributed by atoms with Crippen LogP contribution in [0.25, 0.3) is 0 Å². The lowest BCUT2D eigenvalue weighted by atomic mass is 10.0. The molecule has 0 saturated carbocycles. The largest absolute Gasteiger partial charge is 0.492 e. The molecule has 1 aromatic carbocycles. The van der Waals surface area contributed by atoms with Crippen LogP contribution in [0.1, 0.15) is 24.8 Å². The number of rotatable bonds is 4. The number of likely N-dealkylation sites (tertiary alicyclic amines) is 1. The zero-order chi connectivity index (χ0) is 13.0. The molecule has 1 aliphatic heterocycles. The van der Waals surface area contributed by atoms with Crippen molar-refractivity contribution >= 4 is 17.2 Å². The van der Waals surface area contributed by atoms with Gasteiger partial charge in [0.2, 0.25) is 0 Å². The van der Waals surface area contributed by atoms with E-state index in [2.05, 4.69) is 11.9 Å². The molecule has 0 bridgehead atoms. The molecule has 98 valence electrons. The zero-order valence-electron chi connectivity index (χ0n) is 10.8. The first-order valence-corrected chi connectivity index (χ1v) is 6.80. The van der Waals surface area contributed by atoms with Gasteiger partial charge in [0, 0.05) is 11.6 Å². The van der Waals surface area contributed by atoms with Crippen LogP contribution >= 0.6 is 12.2 Å². The van der Waals surface area contributed by atoms with Gasteiger partial charge in [-0.15, -0.1) is 0 Å². The second-order valence-corrected chi connectivity index (χ2v) is 5.27. The quantitative estimate of drug-likeness (QED) is 0.846. The van der Waals surface area contributed by atoms with Gasteiger partial charge in [-0.1, -0.05) is 18.6 Å². The van der Waals surface area contributed by atoms with Crippen molar-refractivity contribution in [2.45, 2.75) is 25.3 Å². The van der Waals surface area contributed by atoms with Crippen molar-refractivity contribution in [1.29, 1.82) is 0 Å². The Labute approximate surface area is 114 Å². The fraction of sp³-hybridized carbons (Fsp3) is 0.500. The van der Waals surface area contributed by atoms with Crippen LogP contribution < -0.4 is 10.5 Å². The maximum atomic E-state index is 5.82. The molecule has 1 atom stereocenters. The van der Waals surface area contributed by atoms with Crippen molar-refractivity contribution < 1.29 is 4.74 Å². The highest BCUT2D eigenvalue weighted by Gasteiger charge is 2.19. The molecule has 0 radical (unpaired) electrons. The van der Waals surface area contributed by atoms with Crippen molar-refractivity contribution in [2.24, 2.45) is 5.73 Å². The molecular formula is C14H20N2OS. The lowest BCUT2D eigenvalue weighted by Gasteiger charge is -2.32. The number of thiocarbonyl (C=S) groups is 1. The molecule has 3 nitrogen and oxygen atoms in total. The summed E-state index contributed by atoms with van der Waals surface area (Å²) >= 11 is 4.92. The number of benzene rings is 1. The van der Waals surface area contributed by atoms with E-state index in [-0.39, 0.29) is 0 Å². The maximum absolute atomic E-state index is 5.82. The Morgan fingerprint density at radius 3 is 2.72 bits per heavy atom. The summed E-state index contributed by atoms with van der Waals surface area (Å²) in [4.78, 5) is 2.81. The van der Waals surface area contributed by atoms with Gasteiger partial charge in [0.1, 0.15) is 17.3 Å². The van der Waals surface area contributed by atoms with Crippen LogP contribution in [0.3, 0.4) is 0 Å². The minimum atomic E-state index is 0.425. The van der Waals surface area contributed by atoms with E-state index in [0.29, 0.717) is 11.0 Å². The first-order valence-electron chi connectivity index (χ1n) is 6.40. The minimum absolute atomic E-state index is 0.425. The summed E-state index contributed by atoms with van der Waals surface area (Å²) in [6.45, 7) is 1.93. The van der Waals surface area contributed by atoms with Crippen molar-refractivity contribution in [2.75, 3.05) is 20.2 Å². The van der Waals surface area contributed by atoms with Gasteiger partial charge < -0.3 is 15.4 Å². The third-order valence-electron chi connectivity index (χ3n) is 3.50. The molecule has 1 aromatic rings. The molecular weight excluding hydrogens is 244 g/mol. The van der Waals surface area contributed by atoms with Crippen LogP contribution in [-0.4, -0.2) is 36.1 Å². The monoisotopic (exact) mass is 264 g/mol. The summed E-state index contributed by atoms with van der Waals surface area (Å²) < 4.78 is 5.82. The summed E-state index contributed by atoms with van der Waals surface area (Å²) in [7, 11) is 2.17. The second kappa shape index (κ2) is 6.16. The van der Waals surface area contributed by atoms with Gasteiger partial charge in [-0.05, 0) is 50.7 Å². The molecule has 1 saturated heterocycles. The first kappa shape index (κ1) is 13.3. The number of ether oxygens (including phenoxy) is 1. The van der Waals surface area contributed by atoms with Crippen LogP contribution in [0.4, 0.5) is 0 Å². The molecule has 2 N–H and O–H groups in total. The Bertz CT molecular complexity index is 405. The Morgan fingerprint density at radius 2 is 2.11 bits per heavy atom. The third-order valence-corrected chi connectivity index (χ3v) is 3.74. The molecule has 0 aromatic heterocycles. The summed E-state index contributed by atoms with van der Waals surface area (Å²) in [5.41, 5.74) is 6.44. The van der Waals surface area contributed by atoms with E-state index in [1.807, 2.05) is 24.3 Å². The summed E-state index contributed by atoms with van der Waals surface area (Å²) in [6, 6.07) is 8.20. The molecule has 18 heavy (non-hydrogen) atoms. The van der Waals surface area contributed by atoms with E-state index in [1.54, 1.807) is 0 Å². The molecule has 0 amide bonds. The summed E-state index contributed by atoms with van der Waals surface area (Å²) in [5.74, 6) is 0.883. The predicted octanol–water partition coefficient (Wildman–Crippen LogP) is 2.18. The first-order chi connectivity index (χ1) is 8.66. The number of hydrogen-bond acceptors (Lipinski definition) is 3. The van der Waals surface area contributed by atoms with Crippen molar-refractivity contribution in [1.82, 2.24) is 4.90 Å². The van der Waals surface area contributed by atoms with Crippen molar-refractivity contribution in [3.63, 3.8) is 0 Å². The standard InChI is InChI=1S/C14H20N2OS/c1-16-9-3-2-4-12(16)10-17-13-7-5-11(6-8-13)14(15)18/h5-8,12H,2-4,9-10H2,1H3,(H2,15,18). The Balaban J connectivity index is 1.87. The third kappa shape index (κ3) is 3.43. The second-order valence-electron chi connectivity index (χ2n) is 4.83. The van der Waals surface area contributed by atoms with E-state index >= 15 is 0 Å². The Morgan fingerprint density at radius 1 is 1.39 bits per heavy atom. The van der Waals surface area contributed by atoms with Gasteiger partial charge in [-0.2, -0.15) is 0 Å². The number of nitrogens with two attached hydrogens (primary N) is 1. The van der Waals surface area contributed by atoms with E-state index in [1.165, 1.54) is 25.8 Å². The van der Waals surface area contributed by atoms with Crippen LogP contribution in [0.5, 0.6) is 5.75 Å². The maximum Gasteiger partial charge on any atom is 0.119 e. The molecule has 1 heterocycles. The van der Waals surface area contributed by atoms with Gasteiger partial charge in [0.25, 0.3) is 0 Å². The van der Waals surface area contributed by atoms with E-state index < -0.39 is 0 Å². The van der Waals surface area contributed by atoms with Gasteiger partial charge in [0.05, 0.1) is 0 Å². The highest BCUT2D eigenvalue weighted by molar-refractivity contribution is 7.80. The normalized spacial score (nSPS) is 20.6. The fourth-order valence-electron chi connectivity index (χ4n) is 2.26. The van der Waals surface area contributed by atoms with Crippen molar-refractivity contribution in [3.05, 3.63) is 29.8 Å². The number of likely N-dealkylation sites (N-methyl/N-ethyl adjacent to an activating group) is 1. The molecule has 2 rings (SSSR count). The van der Waals surface area contributed by atoms with Crippen LogP contribution in [0, 0.1) is 0 Å². The average Bonchev–Trinajstić information content (AvgIpc) is 2.38. The molecule has 4 heteroatoms. The molecule has 1 unspecified atom stereocenters. The van der Waals surface area contributed by atoms with Crippen LogP contribution in [-0.2, 0) is 0 Å². The lowest BCUT2D eigenvalue weighted by Crippen LogP contribution is -2.40. The molecule has 0 aliphatic carbocycles. The molecule has 1 fully saturated rings. The van der Waals surface area contributed by atoms with Gasteiger partial charge in [-0.3, -0.25) is 0 Å². The van der Waals surface area contributed by atoms with E-state index in [0.717, 1.165) is 17.9 Å². The average molecular weight is 264 g/mol. The molecule has 0 spiro atoms. The van der Waals surface area contributed by atoms with Crippen molar-refractivity contribution in [3.8, 4) is 5.75 Å². The highest BCUT2D eigenvalue weighted by Crippen LogP contribution is 2.18. The Hall–Kier alpha value is -1.13. The number of piperidine rings is 1. The predicted molar refractivity (Wildman–Crippen MR) is 78.1 cm³/mol. The fourth-order valence-corrected chi connectivity index (χ4v) is 2.40. The minimum Gasteiger partial charge on any atom is -0.492 e. The van der Waals surface area contributed by atoms with E-state index in [4.69, 9.17) is 22.7 Å². The van der Waals surface area contributed by atoms with E-state index in [9.17, 15) is 0 Å². The van der Waals surface area contributed by atoms with Gasteiger partial charge in [0.15, 0.2) is 0 Å². The smallest absolute Gasteiger partial charge is 0.119 e. The number of nitrogens with zero attached hydrogens (tertiary/aromatic N) is 1.